The zero-order chi connectivity index (χ0) is 19.3. The van der Waals surface area contributed by atoms with Gasteiger partial charge in [0.15, 0.2) is 0 Å². The molecule has 1 unspecified atom stereocenters. The molecule has 0 amide bonds. The minimum absolute atomic E-state index is 0.147. The number of ether oxygens (including phenoxy) is 1. The van der Waals surface area contributed by atoms with Crippen molar-refractivity contribution in [3.8, 4) is 5.75 Å². The van der Waals surface area contributed by atoms with Crippen molar-refractivity contribution >= 4 is 5.95 Å². The standard InChI is InChI=1S/C18H23F3N4O/c1-5-14(24-17-23-12(4)22-16(25-17)11(2)3)10-26-15-8-6-7-13(9-15)18(19,20)21/h6-9,11,14H,5,10H2,1-4H3,(H,22,23,24,25). The lowest BCUT2D eigenvalue weighted by atomic mass is 10.2. The van der Waals surface area contributed by atoms with E-state index in [2.05, 4.69) is 20.3 Å². The second-order valence-corrected chi connectivity index (χ2v) is 6.31. The Bertz CT molecular complexity index is 735. The Morgan fingerprint density at radius 1 is 1.15 bits per heavy atom. The van der Waals surface area contributed by atoms with Crippen LogP contribution in [0, 0.1) is 6.92 Å². The van der Waals surface area contributed by atoms with Gasteiger partial charge in [0.1, 0.15) is 24.0 Å². The SMILES string of the molecule is CCC(COc1cccc(C(F)(F)F)c1)Nc1nc(C)nc(C(C)C)n1. The van der Waals surface area contributed by atoms with Gasteiger partial charge in [0.2, 0.25) is 5.95 Å². The van der Waals surface area contributed by atoms with E-state index in [-0.39, 0.29) is 24.3 Å². The van der Waals surface area contributed by atoms with E-state index in [0.717, 1.165) is 12.1 Å². The van der Waals surface area contributed by atoms with Gasteiger partial charge in [-0.1, -0.05) is 26.8 Å². The number of benzene rings is 1. The molecule has 2 aromatic rings. The molecule has 0 fully saturated rings. The molecule has 0 radical (unpaired) electrons. The van der Waals surface area contributed by atoms with E-state index in [1.807, 2.05) is 20.8 Å². The fraction of sp³-hybridized carbons (Fsp3) is 0.500. The molecule has 8 heteroatoms. The lowest BCUT2D eigenvalue weighted by Gasteiger charge is -2.19. The quantitative estimate of drug-likeness (QED) is 0.774. The highest BCUT2D eigenvalue weighted by Gasteiger charge is 2.30. The molecule has 1 atom stereocenters. The van der Waals surface area contributed by atoms with Crippen molar-refractivity contribution < 1.29 is 17.9 Å². The number of halogens is 3. The van der Waals surface area contributed by atoms with Crippen molar-refractivity contribution in [2.24, 2.45) is 0 Å². The first kappa shape index (κ1) is 19.9. The summed E-state index contributed by atoms with van der Waals surface area (Å²) in [6, 6.07) is 4.70. The minimum Gasteiger partial charge on any atom is -0.491 e. The third-order valence-electron chi connectivity index (χ3n) is 3.72. The average Bonchev–Trinajstić information content (AvgIpc) is 2.57. The number of aryl methyl sites for hydroxylation is 1. The molecular weight excluding hydrogens is 345 g/mol. The highest BCUT2D eigenvalue weighted by molar-refractivity contribution is 5.31. The third kappa shape index (κ3) is 5.57. The molecule has 0 aliphatic rings. The van der Waals surface area contributed by atoms with Crippen LogP contribution in [0.1, 0.15) is 50.3 Å². The second-order valence-electron chi connectivity index (χ2n) is 6.31. The van der Waals surface area contributed by atoms with Crippen molar-refractivity contribution in [2.45, 2.75) is 52.3 Å². The topological polar surface area (TPSA) is 59.9 Å². The fourth-order valence-electron chi connectivity index (χ4n) is 2.23. The number of aromatic nitrogens is 3. The first-order valence-corrected chi connectivity index (χ1v) is 8.48. The van der Waals surface area contributed by atoms with Crippen molar-refractivity contribution in [1.29, 1.82) is 0 Å². The number of hydrogen-bond donors (Lipinski definition) is 1. The van der Waals surface area contributed by atoms with Crippen LogP contribution in [0.5, 0.6) is 5.75 Å². The molecule has 0 saturated carbocycles. The van der Waals surface area contributed by atoms with Gasteiger partial charge in [-0.05, 0) is 31.5 Å². The number of anilines is 1. The Balaban J connectivity index is 2.04. The van der Waals surface area contributed by atoms with E-state index < -0.39 is 11.7 Å². The monoisotopic (exact) mass is 368 g/mol. The Labute approximate surface area is 151 Å². The molecule has 0 spiro atoms. The van der Waals surface area contributed by atoms with Gasteiger partial charge in [0, 0.05) is 5.92 Å². The van der Waals surface area contributed by atoms with Crippen molar-refractivity contribution in [3.63, 3.8) is 0 Å². The van der Waals surface area contributed by atoms with Crippen LogP contribution >= 0.6 is 0 Å². The summed E-state index contributed by atoms with van der Waals surface area (Å²) in [7, 11) is 0. The van der Waals surface area contributed by atoms with Gasteiger partial charge in [-0.15, -0.1) is 0 Å². The summed E-state index contributed by atoms with van der Waals surface area (Å²) in [5.74, 6) is 2.09. The van der Waals surface area contributed by atoms with Crippen molar-refractivity contribution in [1.82, 2.24) is 15.0 Å². The number of nitrogens with one attached hydrogen (secondary N) is 1. The molecule has 142 valence electrons. The molecule has 0 aliphatic heterocycles. The molecule has 1 aromatic carbocycles. The van der Waals surface area contributed by atoms with Gasteiger partial charge < -0.3 is 10.1 Å². The summed E-state index contributed by atoms with van der Waals surface area (Å²) in [6.07, 6.45) is -3.70. The van der Waals surface area contributed by atoms with Crippen LogP contribution in [-0.2, 0) is 6.18 Å². The summed E-state index contributed by atoms with van der Waals surface area (Å²) in [6.45, 7) is 7.92. The number of alkyl halides is 3. The van der Waals surface area contributed by atoms with E-state index in [0.29, 0.717) is 24.0 Å². The fourth-order valence-corrected chi connectivity index (χ4v) is 2.23. The van der Waals surface area contributed by atoms with Crippen LogP contribution in [0.15, 0.2) is 24.3 Å². The van der Waals surface area contributed by atoms with Gasteiger partial charge in [-0.2, -0.15) is 23.1 Å². The Kier molecular flexibility index (Phi) is 6.39. The first-order valence-electron chi connectivity index (χ1n) is 8.48. The number of rotatable bonds is 7. The predicted molar refractivity (Wildman–Crippen MR) is 93.3 cm³/mol. The van der Waals surface area contributed by atoms with Crippen molar-refractivity contribution in [3.05, 3.63) is 41.5 Å². The zero-order valence-corrected chi connectivity index (χ0v) is 15.3. The van der Waals surface area contributed by atoms with Gasteiger partial charge >= 0.3 is 6.18 Å². The second kappa shape index (κ2) is 8.33. The third-order valence-corrected chi connectivity index (χ3v) is 3.72. The van der Waals surface area contributed by atoms with E-state index in [1.165, 1.54) is 12.1 Å². The normalized spacial score (nSPS) is 12.9. The van der Waals surface area contributed by atoms with Crippen LogP contribution in [0.25, 0.3) is 0 Å². The average molecular weight is 368 g/mol. The Hall–Kier alpha value is -2.38. The smallest absolute Gasteiger partial charge is 0.416 e. The highest BCUT2D eigenvalue weighted by atomic mass is 19.4. The van der Waals surface area contributed by atoms with Crippen LogP contribution in [-0.4, -0.2) is 27.6 Å². The summed E-state index contributed by atoms with van der Waals surface area (Å²) < 4.78 is 43.9. The number of hydrogen-bond acceptors (Lipinski definition) is 5. The summed E-state index contributed by atoms with van der Waals surface area (Å²) in [4.78, 5) is 12.9. The highest BCUT2D eigenvalue weighted by Crippen LogP contribution is 2.31. The molecule has 0 saturated heterocycles. The summed E-state index contributed by atoms with van der Waals surface area (Å²) in [5, 5.41) is 3.17. The summed E-state index contributed by atoms with van der Waals surface area (Å²) in [5.41, 5.74) is -0.731. The maximum atomic E-state index is 12.8. The molecular formula is C18H23F3N4O. The molecule has 26 heavy (non-hydrogen) atoms. The molecule has 5 nitrogen and oxygen atoms in total. The molecule has 0 bridgehead atoms. The molecule has 1 N–H and O–H groups in total. The van der Waals surface area contributed by atoms with Gasteiger partial charge in [-0.3, -0.25) is 0 Å². The van der Waals surface area contributed by atoms with Crippen LogP contribution in [0.3, 0.4) is 0 Å². The van der Waals surface area contributed by atoms with E-state index in [9.17, 15) is 13.2 Å². The van der Waals surface area contributed by atoms with Gasteiger partial charge in [-0.25, -0.2) is 4.98 Å². The number of nitrogens with zero attached hydrogens (tertiary/aromatic N) is 3. The Morgan fingerprint density at radius 2 is 1.88 bits per heavy atom. The maximum Gasteiger partial charge on any atom is 0.416 e. The van der Waals surface area contributed by atoms with Crippen LogP contribution < -0.4 is 10.1 Å². The van der Waals surface area contributed by atoms with E-state index >= 15 is 0 Å². The lowest BCUT2D eigenvalue weighted by molar-refractivity contribution is -0.137. The minimum atomic E-state index is -4.39. The van der Waals surface area contributed by atoms with Crippen LogP contribution in [0.2, 0.25) is 0 Å². The largest absolute Gasteiger partial charge is 0.491 e. The molecule has 1 heterocycles. The summed E-state index contributed by atoms with van der Waals surface area (Å²) >= 11 is 0. The zero-order valence-electron chi connectivity index (χ0n) is 15.3. The van der Waals surface area contributed by atoms with E-state index in [1.54, 1.807) is 6.92 Å². The molecule has 0 aliphatic carbocycles. The molecule has 2 rings (SSSR count). The lowest BCUT2D eigenvalue weighted by Crippen LogP contribution is -2.28. The van der Waals surface area contributed by atoms with Gasteiger partial charge in [0.05, 0.1) is 11.6 Å². The van der Waals surface area contributed by atoms with E-state index in [4.69, 9.17) is 4.74 Å². The Morgan fingerprint density at radius 3 is 2.50 bits per heavy atom. The molecule has 1 aromatic heterocycles. The predicted octanol–water partition coefficient (Wildman–Crippen LogP) is 4.59. The maximum absolute atomic E-state index is 12.8. The van der Waals surface area contributed by atoms with Crippen LogP contribution in [0.4, 0.5) is 19.1 Å². The van der Waals surface area contributed by atoms with Gasteiger partial charge in [0.25, 0.3) is 0 Å². The first-order chi connectivity index (χ1) is 12.2. The van der Waals surface area contributed by atoms with Crippen molar-refractivity contribution in [2.75, 3.05) is 11.9 Å².